The van der Waals surface area contributed by atoms with Gasteiger partial charge in [-0.2, -0.15) is 0 Å². The molecule has 132 valence electrons. The normalized spacial score (nSPS) is 15.1. The quantitative estimate of drug-likeness (QED) is 0.704. The zero-order chi connectivity index (χ0) is 17.3. The molecule has 25 heavy (non-hydrogen) atoms. The molecule has 1 aliphatic rings. The molecule has 0 N–H and O–H groups in total. The predicted molar refractivity (Wildman–Crippen MR) is 101 cm³/mol. The zero-order valence-corrected chi connectivity index (χ0v) is 14.8. The lowest BCUT2D eigenvalue weighted by Crippen LogP contribution is -2.38. The fourth-order valence-corrected chi connectivity index (χ4v) is 3.42. The molecule has 1 saturated heterocycles. The van der Waals surface area contributed by atoms with Crippen molar-refractivity contribution in [2.45, 2.75) is 32.1 Å². The van der Waals surface area contributed by atoms with Gasteiger partial charge in [0.15, 0.2) is 0 Å². The molecule has 0 spiro atoms. The van der Waals surface area contributed by atoms with Gasteiger partial charge >= 0.3 is 0 Å². The second-order valence-corrected chi connectivity index (χ2v) is 6.78. The van der Waals surface area contributed by atoms with Gasteiger partial charge in [0, 0.05) is 19.5 Å². The van der Waals surface area contributed by atoms with Gasteiger partial charge in [-0.25, -0.2) is 0 Å². The highest BCUT2D eigenvalue weighted by Crippen LogP contribution is 2.22. The van der Waals surface area contributed by atoms with E-state index in [2.05, 4.69) is 30.3 Å². The molecule has 0 aromatic heterocycles. The summed E-state index contributed by atoms with van der Waals surface area (Å²) in [5.74, 6) is 1.85. The first-order chi connectivity index (χ1) is 12.3. The van der Waals surface area contributed by atoms with Crippen LogP contribution in [0.25, 0.3) is 0 Å². The van der Waals surface area contributed by atoms with Crippen molar-refractivity contribution in [1.29, 1.82) is 0 Å². The van der Waals surface area contributed by atoms with E-state index in [-0.39, 0.29) is 5.91 Å². The highest BCUT2D eigenvalue weighted by atomic mass is 16.5. The summed E-state index contributed by atoms with van der Waals surface area (Å²) < 4.78 is 5.66. The fraction of sp³-hybridized carbons (Fsp3) is 0.409. The number of hydrogen-bond donors (Lipinski definition) is 0. The highest BCUT2D eigenvalue weighted by molar-refractivity contribution is 5.76. The van der Waals surface area contributed by atoms with Crippen LogP contribution in [0.15, 0.2) is 60.7 Å². The third kappa shape index (κ3) is 5.63. The van der Waals surface area contributed by atoms with E-state index in [4.69, 9.17) is 4.74 Å². The summed E-state index contributed by atoms with van der Waals surface area (Å²) in [6.07, 6.45) is 4.71. The lowest BCUT2D eigenvalue weighted by molar-refractivity contribution is -0.132. The number of rotatable bonds is 7. The first-order valence-electron chi connectivity index (χ1n) is 9.31. The monoisotopic (exact) mass is 337 g/mol. The predicted octanol–water partition coefficient (Wildman–Crippen LogP) is 4.33. The maximum atomic E-state index is 12.3. The van der Waals surface area contributed by atoms with E-state index in [0.717, 1.165) is 44.5 Å². The molecule has 3 rings (SSSR count). The van der Waals surface area contributed by atoms with E-state index < -0.39 is 0 Å². The van der Waals surface area contributed by atoms with Crippen molar-refractivity contribution >= 4 is 5.91 Å². The third-order valence-electron chi connectivity index (χ3n) is 4.88. The van der Waals surface area contributed by atoms with Crippen LogP contribution in [0.2, 0.25) is 0 Å². The number of likely N-dealkylation sites (tertiary alicyclic amines) is 1. The Balaban J connectivity index is 1.33. The Labute approximate surface area is 150 Å². The van der Waals surface area contributed by atoms with Gasteiger partial charge in [0.2, 0.25) is 5.91 Å². The van der Waals surface area contributed by atoms with Crippen LogP contribution in [0.4, 0.5) is 0 Å². The number of amides is 1. The first-order valence-corrected chi connectivity index (χ1v) is 9.31. The van der Waals surface area contributed by atoms with E-state index >= 15 is 0 Å². The van der Waals surface area contributed by atoms with Gasteiger partial charge in [-0.15, -0.1) is 0 Å². The lowest BCUT2D eigenvalue weighted by atomic mass is 9.90. The SMILES string of the molecule is O=C(CCCOc1ccccc1)N1CCC(Cc2ccccc2)CC1. The number of para-hydroxylation sites is 1. The smallest absolute Gasteiger partial charge is 0.222 e. The molecule has 1 heterocycles. The standard InChI is InChI=1S/C22H27NO2/c24-22(12-7-17-25-21-10-5-2-6-11-21)23-15-13-20(14-16-23)18-19-8-3-1-4-9-19/h1-6,8-11,20H,7,12-18H2. The fourth-order valence-electron chi connectivity index (χ4n) is 3.42. The van der Waals surface area contributed by atoms with Gasteiger partial charge in [-0.1, -0.05) is 48.5 Å². The molecule has 1 aliphatic heterocycles. The minimum absolute atomic E-state index is 0.273. The maximum absolute atomic E-state index is 12.3. The molecule has 0 unspecified atom stereocenters. The minimum Gasteiger partial charge on any atom is -0.494 e. The van der Waals surface area contributed by atoms with Crippen LogP contribution >= 0.6 is 0 Å². The Bertz CT molecular complexity index is 634. The number of ether oxygens (including phenoxy) is 1. The second-order valence-electron chi connectivity index (χ2n) is 6.78. The summed E-state index contributed by atoms with van der Waals surface area (Å²) in [6, 6.07) is 20.4. The van der Waals surface area contributed by atoms with Crippen LogP contribution in [-0.2, 0) is 11.2 Å². The van der Waals surface area contributed by atoms with E-state index in [1.807, 2.05) is 35.2 Å². The summed E-state index contributed by atoms with van der Waals surface area (Å²) in [5, 5.41) is 0. The van der Waals surface area contributed by atoms with Gasteiger partial charge in [-0.3, -0.25) is 4.79 Å². The number of nitrogens with zero attached hydrogens (tertiary/aromatic N) is 1. The summed E-state index contributed by atoms with van der Waals surface area (Å²) in [5.41, 5.74) is 1.41. The van der Waals surface area contributed by atoms with E-state index in [1.165, 1.54) is 5.56 Å². The average Bonchev–Trinajstić information content (AvgIpc) is 2.67. The molecular weight excluding hydrogens is 310 g/mol. The van der Waals surface area contributed by atoms with Gasteiger partial charge in [0.05, 0.1) is 6.61 Å². The molecule has 0 radical (unpaired) electrons. The van der Waals surface area contributed by atoms with Gasteiger partial charge in [-0.05, 0) is 49.3 Å². The molecule has 3 heteroatoms. The summed E-state index contributed by atoms with van der Waals surface area (Å²) in [6.45, 7) is 2.39. The molecule has 0 atom stereocenters. The van der Waals surface area contributed by atoms with Crippen LogP contribution in [0.3, 0.4) is 0 Å². The van der Waals surface area contributed by atoms with Crippen molar-refractivity contribution in [1.82, 2.24) is 4.90 Å². The van der Waals surface area contributed by atoms with Crippen LogP contribution in [0.1, 0.15) is 31.2 Å². The Kier molecular flexibility index (Phi) is 6.49. The topological polar surface area (TPSA) is 29.5 Å². The van der Waals surface area contributed by atoms with Crippen LogP contribution < -0.4 is 4.74 Å². The zero-order valence-electron chi connectivity index (χ0n) is 14.8. The number of hydrogen-bond acceptors (Lipinski definition) is 2. The molecule has 2 aromatic rings. The van der Waals surface area contributed by atoms with E-state index in [9.17, 15) is 4.79 Å². The summed E-state index contributed by atoms with van der Waals surface area (Å²) in [7, 11) is 0. The number of carbonyl (C=O) groups excluding carboxylic acids is 1. The van der Waals surface area contributed by atoms with Gasteiger partial charge in [0.25, 0.3) is 0 Å². The second kappa shape index (κ2) is 9.26. The molecule has 0 saturated carbocycles. The maximum Gasteiger partial charge on any atom is 0.222 e. The molecule has 1 fully saturated rings. The first kappa shape index (κ1) is 17.5. The molecule has 1 amide bonds. The van der Waals surface area contributed by atoms with Gasteiger partial charge in [0.1, 0.15) is 5.75 Å². The number of carbonyl (C=O) groups is 1. The molecule has 3 nitrogen and oxygen atoms in total. The Morgan fingerprint density at radius 1 is 0.960 bits per heavy atom. The summed E-state index contributed by atoms with van der Waals surface area (Å²) in [4.78, 5) is 14.4. The Morgan fingerprint density at radius 2 is 1.60 bits per heavy atom. The largest absolute Gasteiger partial charge is 0.494 e. The third-order valence-corrected chi connectivity index (χ3v) is 4.88. The lowest BCUT2D eigenvalue weighted by Gasteiger charge is -2.32. The van der Waals surface area contributed by atoms with Crippen LogP contribution in [0, 0.1) is 5.92 Å². The molecule has 0 bridgehead atoms. The molecule has 0 aliphatic carbocycles. The molecule has 2 aromatic carbocycles. The van der Waals surface area contributed by atoms with Crippen molar-refractivity contribution in [3.05, 3.63) is 66.2 Å². The Hall–Kier alpha value is -2.29. The van der Waals surface area contributed by atoms with Crippen molar-refractivity contribution in [3.63, 3.8) is 0 Å². The van der Waals surface area contributed by atoms with E-state index in [0.29, 0.717) is 18.9 Å². The van der Waals surface area contributed by atoms with Crippen LogP contribution in [-0.4, -0.2) is 30.5 Å². The minimum atomic E-state index is 0.273. The van der Waals surface area contributed by atoms with Crippen molar-refractivity contribution < 1.29 is 9.53 Å². The van der Waals surface area contributed by atoms with Crippen molar-refractivity contribution in [3.8, 4) is 5.75 Å². The van der Waals surface area contributed by atoms with Crippen molar-refractivity contribution in [2.75, 3.05) is 19.7 Å². The van der Waals surface area contributed by atoms with Gasteiger partial charge < -0.3 is 9.64 Å². The molecular formula is C22H27NO2. The van der Waals surface area contributed by atoms with Crippen LogP contribution in [0.5, 0.6) is 5.75 Å². The number of piperidine rings is 1. The Morgan fingerprint density at radius 3 is 2.28 bits per heavy atom. The number of benzene rings is 2. The van der Waals surface area contributed by atoms with E-state index in [1.54, 1.807) is 0 Å². The van der Waals surface area contributed by atoms with Crippen molar-refractivity contribution in [2.24, 2.45) is 5.92 Å². The summed E-state index contributed by atoms with van der Waals surface area (Å²) >= 11 is 0. The average molecular weight is 337 g/mol. The highest BCUT2D eigenvalue weighted by Gasteiger charge is 2.22.